The summed E-state index contributed by atoms with van der Waals surface area (Å²) in [6.07, 6.45) is 13.8. The van der Waals surface area contributed by atoms with Crippen LogP contribution < -0.4 is 5.32 Å². The third-order valence-corrected chi connectivity index (χ3v) is 4.82. The summed E-state index contributed by atoms with van der Waals surface area (Å²) in [5, 5.41) is 3.49. The highest BCUT2D eigenvalue weighted by Crippen LogP contribution is 2.40. The van der Waals surface area contributed by atoms with Crippen LogP contribution in [0.3, 0.4) is 0 Å². The summed E-state index contributed by atoms with van der Waals surface area (Å²) in [6.45, 7) is 0.821. The minimum Gasteiger partial charge on any atom is -0.375 e. The summed E-state index contributed by atoms with van der Waals surface area (Å²) in [7, 11) is 0. The predicted molar refractivity (Wildman–Crippen MR) is 86.9 cm³/mol. The van der Waals surface area contributed by atoms with E-state index >= 15 is 0 Å². The average molecular weight is 311 g/mol. The van der Waals surface area contributed by atoms with Crippen LogP contribution in [0.15, 0.2) is 30.9 Å². The summed E-state index contributed by atoms with van der Waals surface area (Å²) < 4.78 is 6.09. The number of anilines is 1. The number of nitrogens with one attached hydrogen (secondary N) is 1. The number of hydrogen-bond acceptors (Lipinski definition) is 6. The van der Waals surface area contributed by atoms with Crippen molar-refractivity contribution in [3.63, 3.8) is 0 Å². The maximum absolute atomic E-state index is 6.09. The molecule has 0 radical (unpaired) electrons. The number of aromatic nitrogens is 4. The van der Waals surface area contributed by atoms with Crippen LogP contribution in [-0.2, 0) is 4.74 Å². The van der Waals surface area contributed by atoms with E-state index in [0.29, 0.717) is 12.0 Å². The molecule has 1 saturated heterocycles. The summed E-state index contributed by atoms with van der Waals surface area (Å²) in [4.78, 5) is 17.3. The molecule has 1 atom stereocenters. The topological polar surface area (TPSA) is 72.8 Å². The van der Waals surface area contributed by atoms with Gasteiger partial charge in [0, 0.05) is 31.2 Å². The predicted octanol–water partition coefficient (Wildman–Crippen LogP) is 2.84. The number of ether oxygens (including phenoxy) is 1. The molecule has 23 heavy (non-hydrogen) atoms. The van der Waals surface area contributed by atoms with E-state index in [9.17, 15) is 0 Å². The lowest BCUT2D eigenvalue weighted by molar-refractivity contribution is -0.0767. The molecular formula is C17H21N5O. The Morgan fingerprint density at radius 1 is 1.09 bits per heavy atom. The van der Waals surface area contributed by atoms with E-state index in [4.69, 9.17) is 4.74 Å². The van der Waals surface area contributed by atoms with E-state index in [-0.39, 0.29) is 5.60 Å². The number of rotatable bonds is 3. The van der Waals surface area contributed by atoms with Gasteiger partial charge in [0.05, 0.1) is 17.5 Å². The van der Waals surface area contributed by atoms with Crippen molar-refractivity contribution < 1.29 is 4.74 Å². The van der Waals surface area contributed by atoms with E-state index in [1.165, 1.54) is 25.7 Å². The third kappa shape index (κ3) is 3.17. The van der Waals surface area contributed by atoms with Crippen LogP contribution in [0.4, 0.5) is 5.95 Å². The van der Waals surface area contributed by atoms with Gasteiger partial charge in [-0.05, 0) is 31.7 Å². The van der Waals surface area contributed by atoms with Gasteiger partial charge in [-0.3, -0.25) is 9.97 Å². The molecule has 4 rings (SSSR count). The van der Waals surface area contributed by atoms with Gasteiger partial charge in [-0.1, -0.05) is 12.8 Å². The first-order chi connectivity index (χ1) is 11.3. The molecule has 2 aliphatic rings. The Labute approximate surface area is 135 Å². The normalized spacial score (nSPS) is 23.0. The van der Waals surface area contributed by atoms with E-state index in [1.807, 2.05) is 6.07 Å². The van der Waals surface area contributed by atoms with Gasteiger partial charge in [-0.15, -0.1) is 0 Å². The van der Waals surface area contributed by atoms with E-state index in [2.05, 4.69) is 25.3 Å². The van der Waals surface area contributed by atoms with Gasteiger partial charge in [0.15, 0.2) is 0 Å². The lowest BCUT2D eigenvalue weighted by atomic mass is 9.89. The van der Waals surface area contributed by atoms with Gasteiger partial charge in [0.1, 0.15) is 5.69 Å². The van der Waals surface area contributed by atoms with Crippen molar-refractivity contribution in [3.8, 4) is 11.4 Å². The molecule has 2 fully saturated rings. The van der Waals surface area contributed by atoms with Gasteiger partial charge < -0.3 is 10.1 Å². The van der Waals surface area contributed by atoms with Gasteiger partial charge in [0.2, 0.25) is 5.95 Å². The van der Waals surface area contributed by atoms with E-state index in [1.54, 1.807) is 24.8 Å². The molecule has 120 valence electrons. The maximum Gasteiger partial charge on any atom is 0.223 e. The van der Waals surface area contributed by atoms with Gasteiger partial charge in [0.25, 0.3) is 0 Å². The Bertz CT molecular complexity index is 657. The SMILES string of the molecule is c1cnc(-c2ccnc(NC3CCOC4(CCCC4)C3)n2)cn1. The first-order valence-electron chi connectivity index (χ1n) is 8.33. The second-order valence-corrected chi connectivity index (χ2v) is 6.43. The molecule has 1 saturated carbocycles. The van der Waals surface area contributed by atoms with Crippen molar-refractivity contribution in [1.82, 2.24) is 19.9 Å². The molecule has 1 unspecified atom stereocenters. The van der Waals surface area contributed by atoms with Crippen LogP contribution in [0.2, 0.25) is 0 Å². The molecular weight excluding hydrogens is 290 g/mol. The molecule has 6 nitrogen and oxygen atoms in total. The minimum atomic E-state index is 0.0957. The largest absolute Gasteiger partial charge is 0.375 e. The van der Waals surface area contributed by atoms with Gasteiger partial charge in [-0.2, -0.15) is 0 Å². The fourth-order valence-electron chi connectivity index (χ4n) is 3.70. The molecule has 0 amide bonds. The molecule has 1 N–H and O–H groups in total. The molecule has 2 aromatic rings. The van der Waals surface area contributed by atoms with Crippen molar-refractivity contribution >= 4 is 5.95 Å². The highest BCUT2D eigenvalue weighted by Gasteiger charge is 2.40. The number of nitrogens with zero attached hydrogens (tertiary/aromatic N) is 4. The summed E-state index contributed by atoms with van der Waals surface area (Å²) in [5.41, 5.74) is 1.65. The molecule has 1 aliphatic carbocycles. The number of hydrogen-bond donors (Lipinski definition) is 1. The summed E-state index contributed by atoms with van der Waals surface area (Å²) in [5.74, 6) is 0.660. The zero-order valence-corrected chi connectivity index (χ0v) is 13.1. The van der Waals surface area contributed by atoms with E-state index in [0.717, 1.165) is 30.8 Å². The molecule has 0 bridgehead atoms. The first kappa shape index (κ1) is 14.5. The third-order valence-electron chi connectivity index (χ3n) is 4.82. The van der Waals surface area contributed by atoms with Crippen molar-refractivity contribution in [1.29, 1.82) is 0 Å². The van der Waals surface area contributed by atoms with Crippen molar-refractivity contribution in [2.24, 2.45) is 0 Å². The highest BCUT2D eigenvalue weighted by molar-refractivity contribution is 5.53. The summed E-state index contributed by atoms with van der Waals surface area (Å²) >= 11 is 0. The van der Waals surface area contributed by atoms with Gasteiger partial charge in [-0.25, -0.2) is 9.97 Å². The fraction of sp³-hybridized carbons (Fsp3) is 0.529. The molecule has 1 spiro atoms. The average Bonchev–Trinajstić information content (AvgIpc) is 3.03. The Balaban J connectivity index is 1.48. The first-order valence-corrected chi connectivity index (χ1v) is 8.33. The van der Waals surface area contributed by atoms with Crippen molar-refractivity contribution in [3.05, 3.63) is 30.9 Å². The van der Waals surface area contributed by atoms with Crippen LogP contribution in [0.5, 0.6) is 0 Å². The van der Waals surface area contributed by atoms with Crippen LogP contribution in [-0.4, -0.2) is 38.2 Å². The quantitative estimate of drug-likeness (QED) is 0.939. The standard InChI is InChI=1S/C17H21N5O/c1-2-6-17(5-1)11-13(4-10-23-17)21-16-20-7-3-14(22-16)15-12-18-8-9-19-15/h3,7-9,12-13H,1-2,4-6,10-11H2,(H,20,21,22). The fourth-order valence-corrected chi connectivity index (χ4v) is 3.70. The maximum atomic E-state index is 6.09. The lowest BCUT2D eigenvalue weighted by Crippen LogP contribution is -2.42. The smallest absolute Gasteiger partial charge is 0.223 e. The van der Waals surface area contributed by atoms with Gasteiger partial charge >= 0.3 is 0 Å². The Hall–Kier alpha value is -2.08. The Morgan fingerprint density at radius 3 is 2.83 bits per heavy atom. The zero-order chi connectivity index (χ0) is 15.5. The highest BCUT2D eigenvalue weighted by atomic mass is 16.5. The second-order valence-electron chi connectivity index (χ2n) is 6.43. The van der Waals surface area contributed by atoms with Crippen LogP contribution in [0.25, 0.3) is 11.4 Å². The summed E-state index contributed by atoms with van der Waals surface area (Å²) in [6, 6.07) is 2.23. The lowest BCUT2D eigenvalue weighted by Gasteiger charge is -2.38. The zero-order valence-electron chi connectivity index (χ0n) is 13.1. The Kier molecular flexibility index (Phi) is 3.91. The van der Waals surface area contributed by atoms with Crippen LogP contribution in [0, 0.1) is 0 Å². The molecule has 1 aliphatic heterocycles. The van der Waals surface area contributed by atoms with Crippen molar-refractivity contribution in [2.45, 2.75) is 50.2 Å². The van der Waals surface area contributed by atoms with Crippen molar-refractivity contribution in [2.75, 3.05) is 11.9 Å². The minimum absolute atomic E-state index is 0.0957. The second kappa shape index (κ2) is 6.20. The molecule has 3 heterocycles. The molecule has 2 aromatic heterocycles. The van der Waals surface area contributed by atoms with Crippen LogP contribution >= 0.6 is 0 Å². The monoisotopic (exact) mass is 311 g/mol. The molecule has 6 heteroatoms. The Morgan fingerprint density at radius 2 is 2.00 bits per heavy atom. The van der Waals surface area contributed by atoms with Crippen LogP contribution in [0.1, 0.15) is 38.5 Å². The molecule has 0 aromatic carbocycles. The van der Waals surface area contributed by atoms with E-state index < -0.39 is 0 Å².